The topological polar surface area (TPSA) is 3.24 Å². The van der Waals surface area contributed by atoms with Crippen LogP contribution >= 0.6 is 0 Å². The van der Waals surface area contributed by atoms with Crippen LogP contribution in [0.4, 0.5) is 17.1 Å². The van der Waals surface area contributed by atoms with E-state index in [4.69, 9.17) is 0 Å². The van der Waals surface area contributed by atoms with E-state index in [1.165, 1.54) is 50.3 Å². The molecule has 0 amide bonds. The summed E-state index contributed by atoms with van der Waals surface area (Å²) in [4.78, 5) is 2.33. The first kappa shape index (κ1) is 20.5. The largest absolute Gasteiger partial charge is 0.311 e. The molecule has 6 rings (SSSR count). The monoisotopic (exact) mass is 437 g/mol. The van der Waals surface area contributed by atoms with Gasteiger partial charge in [0.2, 0.25) is 0 Å². The SMILES string of the molecule is Cc1ccc(N(c2ccc(C)cc2)c2ccc(C3c4ccccc4-c4ccccc43)cc2)cc1. The Kier molecular flexibility index (Phi) is 5.04. The molecule has 0 aliphatic heterocycles. The van der Waals surface area contributed by atoms with Gasteiger partial charge in [-0.25, -0.2) is 0 Å². The molecule has 0 N–H and O–H groups in total. The maximum atomic E-state index is 2.33. The van der Waals surface area contributed by atoms with Gasteiger partial charge in [0, 0.05) is 23.0 Å². The van der Waals surface area contributed by atoms with Crippen molar-refractivity contribution in [2.24, 2.45) is 0 Å². The highest BCUT2D eigenvalue weighted by Gasteiger charge is 2.29. The van der Waals surface area contributed by atoms with E-state index < -0.39 is 0 Å². The first-order chi connectivity index (χ1) is 16.7. The maximum absolute atomic E-state index is 2.33. The van der Waals surface area contributed by atoms with Crippen LogP contribution in [0, 0.1) is 13.8 Å². The van der Waals surface area contributed by atoms with E-state index in [-0.39, 0.29) is 5.92 Å². The first-order valence-corrected chi connectivity index (χ1v) is 11.9. The summed E-state index contributed by atoms with van der Waals surface area (Å²) in [5.74, 6) is 0.272. The summed E-state index contributed by atoms with van der Waals surface area (Å²) < 4.78 is 0. The van der Waals surface area contributed by atoms with Crippen LogP contribution in [0.15, 0.2) is 121 Å². The van der Waals surface area contributed by atoms with Crippen molar-refractivity contribution in [2.45, 2.75) is 19.8 Å². The van der Waals surface area contributed by atoms with Crippen molar-refractivity contribution in [3.8, 4) is 11.1 Å². The smallest absolute Gasteiger partial charge is 0.0461 e. The van der Waals surface area contributed by atoms with Crippen molar-refractivity contribution in [1.82, 2.24) is 0 Å². The average Bonchev–Trinajstić information content (AvgIpc) is 3.21. The highest BCUT2D eigenvalue weighted by molar-refractivity contribution is 5.81. The van der Waals surface area contributed by atoms with Gasteiger partial charge in [-0.3, -0.25) is 0 Å². The summed E-state index contributed by atoms with van der Waals surface area (Å²) >= 11 is 0. The molecule has 1 aliphatic carbocycles. The summed E-state index contributed by atoms with van der Waals surface area (Å²) in [6.07, 6.45) is 0. The third-order valence-electron chi connectivity index (χ3n) is 6.90. The highest BCUT2D eigenvalue weighted by atomic mass is 15.1. The van der Waals surface area contributed by atoms with Gasteiger partial charge in [-0.2, -0.15) is 0 Å². The molecule has 5 aromatic carbocycles. The molecule has 0 radical (unpaired) electrons. The van der Waals surface area contributed by atoms with Gasteiger partial charge in [-0.1, -0.05) is 96.1 Å². The molecule has 5 aromatic rings. The minimum atomic E-state index is 0.272. The number of nitrogens with zero attached hydrogens (tertiary/aromatic N) is 1. The summed E-state index contributed by atoms with van der Waals surface area (Å²) in [5.41, 5.74) is 12.8. The van der Waals surface area contributed by atoms with Gasteiger partial charge in [-0.05, 0) is 78.1 Å². The molecular weight excluding hydrogens is 410 g/mol. The lowest BCUT2D eigenvalue weighted by atomic mass is 9.89. The molecular formula is C33H27N. The average molecular weight is 438 g/mol. The molecule has 1 aliphatic rings. The lowest BCUT2D eigenvalue weighted by molar-refractivity contribution is 1.01. The third kappa shape index (κ3) is 3.50. The van der Waals surface area contributed by atoms with Crippen molar-refractivity contribution >= 4 is 17.1 Å². The molecule has 0 bridgehead atoms. The van der Waals surface area contributed by atoms with Gasteiger partial charge in [0.25, 0.3) is 0 Å². The van der Waals surface area contributed by atoms with E-state index in [1.54, 1.807) is 0 Å². The Morgan fingerprint density at radius 1 is 0.441 bits per heavy atom. The molecule has 0 atom stereocenters. The Labute approximate surface area is 202 Å². The fourth-order valence-corrected chi connectivity index (χ4v) is 5.17. The summed E-state index contributed by atoms with van der Waals surface area (Å²) in [7, 11) is 0. The summed E-state index contributed by atoms with van der Waals surface area (Å²) in [5, 5.41) is 0. The van der Waals surface area contributed by atoms with Crippen LogP contribution in [0.5, 0.6) is 0 Å². The predicted molar refractivity (Wildman–Crippen MR) is 143 cm³/mol. The molecule has 34 heavy (non-hydrogen) atoms. The van der Waals surface area contributed by atoms with Crippen LogP contribution in [-0.4, -0.2) is 0 Å². The summed E-state index contributed by atoms with van der Waals surface area (Å²) in [6, 6.07) is 44.3. The number of fused-ring (bicyclic) bond motifs is 3. The van der Waals surface area contributed by atoms with Gasteiger partial charge >= 0.3 is 0 Å². The van der Waals surface area contributed by atoms with E-state index in [0.717, 1.165) is 5.69 Å². The Morgan fingerprint density at radius 2 is 0.824 bits per heavy atom. The zero-order chi connectivity index (χ0) is 23.1. The molecule has 1 heteroatoms. The second-order valence-electron chi connectivity index (χ2n) is 9.21. The number of hydrogen-bond acceptors (Lipinski definition) is 1. The van der Waals surface area contributed by atoms with E-state index >= 15 is 0 Å². The Balaban J connectivity index is 1.43. The molecule has 0 saturated carbocycles. The van der Waals surface area contributed by atoms with E-state index in [1.807, 2.05) is 0 Å². The Morgan fingerprint density at radius 3 is 1.26 bits per heavy atom. The van der Waals surface area contributed by atoms with Gasteiger partial charge in [0.05, 0.1) is 0 Å². The van der Waals surface area contributed by atoms with Crippen LogP contribution in [-0.2, 0) is 0 Å². The second kappa shape index (κ2) is 8.35. The van der Waals surface area contributed by atoms with Crippen LogP contribution in [0.2, 0.25) is 0 Å². The minimum absolute atomic E-state index is 0.272. The second-order valence-corrected chi connectivity index (χ2v) is 9.21. The molecule has 0 unspecified atom stereocenters. The van der Waals surface area contributed by atoms with Crippen molar-refractivity contribution in [2.75, 3.05) is 4.90 Å². The quantitative estimate of drug-likeness (QED) is 0.266. The lowest BCUT2D eigenvalue weighted by Crippen LogP contribution is -2.10. The molecule has 0 heterocycles. The van der Waals surface area contributed by atoms with Gasteiger partial charge in [-0.15, -0.1) is 0 Å². The standard InChI is InChI=1S/C33H27N/c1-23-11-17-26(18-12-23)34(27-19-13-24(2)14-20-27)28-21-15-25(16-22-28)33-31-9-5-3-7-29(31)30-8-4-6-10-32(30)33/h3-22,33H,1-2H3. The van der Waals surface area contributed by atoms with Gasteiger partial charge < -0.3 is 4.90 Å². The van der Waals surface area contributed by atoms with Crippen molar-refractivity contribution in [3.05, 3.63) is 149 Å². The molecule has 0 spiro atoms. The number of aryl methyl sites for hydroxylation is 2. The Bertz CT molecular complexity index is 1350. The lowest BCUT2D eigenvalue weighted by Gasteiger charge is -2.26. The molecule has 0 saturated heterocycles. The molecule has 1 nitrogen and oxygen atoms in total. The number of rotatable bonds is 4. The van der Waals surface area contributed by atoms with Crippen molar-refractivity contribution in [1.29, 1.82) is 0 Å². The zero-order valence-corrected chi connectivity index (χ0v) is 19.6. The third-order valence-corrected chi connectivity index (χ3v) is 6.90. The first-order valence-electron chi connectivity index (χ1n) is 11.9. The normalized spacial score (nSPS) is 12.3. The maximum Gasteiger partial charge on any atom is 0.0461 e. The molecule has 0 aromatic heterocycles. The van der Waals surface area contributed by atoms with E-state index in [2.05, 4.69) is 140 Å². The number of anilines is 3. The Hall–Kier alpha value is -4.10. The van der Waals surface area contributed by atoms with Gasteiger partial charge in [0.1, 0.15) is 0 Å². The van der Waals surface area contributed by atoms with Crippen LogP contribution < -0.4 is 4.90 Å². The molecule has 0 fully saturated rings. The predicted octanol–water partition coefficient (Wildman–Crippen LogP) is 8.93. The summed E-state index contributed by atoms with van der Waals surface area (Å²) in [6.45, 7) is 4.26. The number of benzene rings is 5. The fraction of sp³-hybridized carbons (Fsp3) is 0.0909. The van der Waals surface area contributed by atoms with Crippen molar-refractivity contribution < 1.29 is 0 Å². The van der Waals surface area contributed by atoms with Crippen molar-refractivity contribution in [3.63, 3.8) is 0 Å². The van der Waals surface area contributed by atoms with Crippen LogP contribution in [0.25, 0.3) is 11.1 Å². The number of hydrogen-bond donors (Lipinski definition) is 0. The van der Waals surface area contributed by atoms with Crippen LogP contribution in [0.1, 0.15) is 33.7 Å². The van der Waals surface area contributed by atoms with E-state index in [9.17, 15) is 0 Å². The minimum Gasteiger partial charge on any atom is -0.311 e. The highest BCUT2D eigenvalue weighted by Crippen LogP contribution is 2.48. The van der Waals surface area contributed by atoms with E-state index in [0.29, 0.717) is 0 Å². The van der Waals surface area contributed by atoms with Crippen LogP contribution in [0.3, 0.4) is 0 Å². The fourth-order valence-electron chi connectivity index (χ4n) is 5.17. The van der Waals surface area contributed by atoms with Gasteiger partial charge in [0.15, 0.2) is 0 Å². The molecule has 164 valence electrons. The zero-order valence-electron chi connectivity index (χ0n) is 19.6.